The Morgan fingerprint density at radius 3 is 2.43 bits per heavy atom. The van der Waals surface area contributed by atoms with Crippen molar-refractivity contribution < 1.29 is 9.47 Å². The van der Waals surface area contributed by atoms with Crippen molar-refractivity contribution in [3.8, 4) is 11.5 Å². The van der Waals surface area contributed by atoms with Crippen LogP contribution in [0.25, 0.3) is 0 Å². The topological polar surface area (TPSA) is 30.5 Å². The number of ether oxygens (including phenoxy) is 2. The van der Waals surface area contributed by atoms with Crippen LogP contribution in [0.3, 0.4) is 0 Å². The van der Waals surface area contributed by atoms with Gasteiger partial charge in [-0.3, -0.25) is 0 Å². The Kier molecular flexibility index (Phi) is 7.20. The summed E-state index contributed by atoms with van der Waals surface area (Å²) in [5, 5.41) is 3.54. The summed E-state index contributed by atoms with van der Waals surface area (Å²) in [5.74, 6) is 1.60. The minimum absolute atomic E-state index is 0.525. The van der Waals surface area contributed by atoms with Crippen LogP contribution >= 0.6 is 22.6 Å². The van der Waals surface area contributed by atoms with E-state index in [9.17, 15) is 0 Å². The van der Waals surface area contributed by atoms with Crippen LogP contribution in [-0.2, 0) is 13.2 Å². The van der Waals surface area contributed by atoms with Gasteiger partial charge in [0.25, 0.3) is 0 Å². The summed E-state index contributed by atoms with van der Waals surface area (Å²) in [4.78, 5) is 0. The zero-order valence-electron chi connectivity index (χ0n) is 16.6. The highest BCUT2D eigenvalue weighted by Gasteiger charge is 2.13. The Morgan fingerprint density at radius 1 is 0.893 bits per heavy atom. The quantitative estimate of drug-likeness (QED) is 0.368. The lowest BCUT2D eigenvalue weighted by Crippen LogP contribution is -2.05. The first-order valence-corrected chi connectivity index (χ1v) is 10.6. The maximum absolute atomic E-state index is 6.11. The fourth-order valence-corrected chi connectivity index (χ4v) is 3.82. The van der Waals surface area contributed by atoms with E-state index >= 15 is 0 Å². The molecule has 0 saturated heterocycles. The van der Waals surface area contributed by atoms with Crippen molar-refractivity contribution in [1.29, 1.82) is 0 Å². The molecule has 0 aromatic heterocycles. The Bertz CT molecular complexity index is 925. The van der Waals surface area contributed by atoms with Crippen molar-refractivity contribution in [3.05, 3.63) is 86.5 Å². The van der Waals surface area contributed by atoms with Crippen molar-refractivity contribution >= 4 is 28.3 Å². The number of benzene rings is 3. The van der Waals surface area contributed by atoms with Gasteiger partial charge in [-0.05, 0) is 83.8 Å². The van der Waals surface area contributed by atoms with Gasteiger partial charge in [0, 0.05) is 12.2 Å². The molecule has 0 atom stereocenters. The van der Waals surface area contributed by atoms with Crippen molar-refractivity contribution in [2.24, 2.45) is 0 Å². The molecule has 0 aliphatic rings. The molecule has 0 fully saturated rings. The zero-order valence-corrected chi connectivity index (χ0v) is 18.7. The molecule has 3 rings (SSSR count). The third-order valence-corrected chi connectivity index (χ3v) is 5.48. The highest BCUT2D eigenvalue weighted by Crippen LogP contribution is 2.35. The molecule has 0 spiro atoms. The third kappa shape index (κ3) is 5.19. The predicted octanol–water partition coefficient (Wildman–Crippen LogP) is 6.50. The molecule has 0 saturated carbocycles. The number of rotatable bonds is 8. The van der Waals surface area contributed by atoms with E-state index in [1.807, 2.05) is 25.1 Å². The van der Waals surface area contributed by atoms with E-state index in [1.165, 1.54) is 16.7 Å². The maximum atomic E-state index is 6.11. The molecule has 0 amide bonds. The normalized spacial score (nSPS) is 10.6. The Hall–Kier alpha value is -2.21. The molecule has 3 aromatic rings. The number of anilines is 1. The SMILES string of the molecule is CCOc1cc(CNc2cccc(C)c2C)cc(I)c1OCc1ccccc1. The van der Waals surface area contributed by atoms with E-state index in [2.05, 4.69) is 84.2 Å². The molecular formula is C24H26INO2. The number of hydrogen-bond acceptors (Lipinski definition) is 3. The molecular weight excluding hydrogens is 461 g/mol. The lowest BCUT2D eigenvalue weighted by atomic mass is 10.1. The summed E-state index contributed by atoms with van der Waals surface area (Å²) in [5.41, 5.74) is 6.05. The molecule has 146 valence electrons. The van der Waals surface area contributed by atoms with Gasteiger partial charge in [0.05, 0.1) is 10.2 Å². The number of hydrogen-bond donors (Lipinski definition) is 1. The Labute approximate surface area is 181 Å². The fourth-order valence-electron chi connectivity index (χ4n) is 3.00. The second-order valence-electron chi connectivity index (χ2n) is 6.71. The molecule has 0 aliphatic carbocycles. The van der Waals surface area contributed by atoms with E-state index in [1.54, 1.807) is 0 Å². The van der Waals surface area contributed by atoms with Crippen LogP contribution in [0.4, 0.5) is 5.69 Å². The highest BCUT2D eigenvalue weighted by molar-refractivity contribution is 14.1. The van der Waals surface area contributed by atoms with Crippen LogP contribution in [0, 0.1) is 17.4 Å². The second kappa shape index (κ2) is 9.82. The predicted molar refractivity (Wildman–Crippen MR) is 124 cm³/mol. The summed E-state index contributed by atoms with van der Waals surface area (Å²) in [6, 6.07) is 20.8. The molecule has 4 heteroatoms. The van der Waals surface area contributed by atoms with Gasteiger partial charge in [-0.15, -0.1) is 0 Å². The van der Waals surface area contributed by atoms with Crippen LogP contribution in [0.2, 0.25) is 0 Å². The molecule has 0 radical (unpaired) electrons. The molecule has 1 N–H and O–H groups in total. The first kappa shape index (κ1) is 20.5. The van der Waals surface area contributed by atoms with Crippen LogP contribution in [0.5, 0.6) is 11.5 Å². The largest absolute Gasteiger partial charge is 0.490 e. The first-order valence-electron chi connectivity index (χ1n) is 9.50. The lowest BCUT2D eigenvalue weighted by Gasteiger charge is -2.17. The van der Waals surface area contributed by atoms with Crippen molar-refractivity contribution in [2.45, 2.75) is 33.9 Å². The summed E-state index contributed by atoms with van der Waals surface area (Å²) >= 11 is 2.33. The van der Waals surface area contributed by atoms with Crippen molar-refractivity contribution in [2.75, 3.05) is 11.9 Å². The minimum Gasteiger partial charge on any atom is -0.490 e. The van der Waals surface area contributed by atoms with E-state index in [4.69, 9.17) is 9.47 Å². The Balaban J connectivity index is 1.77. The molecule has 0 unspecified atom stereocenters. The van der Waals surface area contributed by atoms with E-state index < -0.39 is 0 Å². The van der Waals surface area contributed by atoms with Gasteiger partial charge in [0.2, 0.25) is 0 Å². The van der Waals surface area contributed by atoms with E-state index in [-0.39, 0.29) is 0 Å². The van der Waals surface area contributed by atoms with Crippen molar-refractivity contribution in [1.82, 2.24) is 0 Å². The molecule has 0 aliphatic heterocycles. The average molecular weight is 487 g/mol. The zero-order chi connectivity index (χ0) is 19.9. The number of halogens is 1. The minimum atomic E-state index is 0.525. The van der Waals surface area contributed by atoms with Crippen LogP contribution in [0.15, 0.2) is 60.7 Å². The molecule has 0 heterocycles. The Morgan fingerprint density at radius 2 is 1.68 bits per heavy atom. The standard InChI is InChI=1S/C24H26INO2/c1-4-27-23-14-20(15-26-22-12-8-9-17(2)18(22)3)13-21(25)24(23)28-16-19-10-6-5-7-11-19/h5-14,26H,4,15-16H2,1-3H3. The number of aryl methyl sites for hydroxylation is 1. The molecule has 28 heavy (non-hydrogen) atoms. The third-order valence-electron chi connectivity index (χ3n) is 4.68. The van der Waals surface area contributed by atoms with Gasteiger partial charge in [-0.2, -0.15) is 0 Å². The van der Waals surface area contributed by atoms with Crippen molar-refractivity contribution in [3.63, 3.8) is 0 Å². The molecule has 0 bridgehead atoms. The van der Waals surface area contributed by atoms with Gasteiger partial charge in [0.15, 0.2) is 11.5 Å². The van der Waals surface area contributed by atoms with Gasteiger partial charge in [-0.25, -0.2) is 0 Å². The molecule has 3 nitrogen and oxygen atoms in total. The van der Waals surface area contributed by atoms with E-state index in [0.29, 0.717) is 13.2 Å². The highest BCUT2D eigenvalue weighted by atomic mass is 127. The van der Waals surface area contributed by atoms with Gasteiger partial charge < -0.3 is 14.8 Å². The summed E-state index contributed by atoms with van der Waals surface area (Å²) in [7, 11) is 0. The smallest absolute Gasteiger partial charge is 0.174 e. The van der Waals surface area contributed by atoms with Gasteiger partial charge in [0.1, 0.15) is 6.61 Å². The molecule has 3 aromatic carbocycles. The van der Waals surface area contributed by atoms with E-state index in [0.717, 1.165) is 32.9 Å². The fraction of sp³-hybridized carbons (Fsp3) is 0.250. The monoisotopic (exact) mass is 487 g/mol. The lowest BCUT2D eigenvalue weighted by molar-refractivity contribution is 0.267. The maximum Gasteiger partial charge on any atom is 0.174 e. The summed E-state index contributed by atoms with van der Waals surface area (Å²) in [6.45, 7) is 8.14. The average Bonchev–Trinajstić information content (AvgIpc) is 2.69. The second-order valence-corrected chi connectivity index (χ2v) is 7.88. The van der Waals surface area contributed by atoms with Crippen LogP contribution in [-0.4, -0.2) is 6.61 Å². The van der Waals surface area contributed by atoms with Crippen LogP contribution < -0.4 is 14.8 Å². The first-order chi connectivity index (χ1) is 13.6. The summed E-state index contributed by atoms with van der Waals surface area (Å²) in [6.07, 6.45) is 0. The summed E-state index contributed by atoms with van der Waals surface area (Å²) < 4.78 is 13.0. The number of nitrogens with one attached hydrogen (secondary N) is 1. The van der Waals surface area contributed by atoms with Crippen LogP contribution in [0.1, 0.15) is 29.2 Å². The van der Waals surface area contributed by atoms with Gasteiger partial charge in [-0.1, -0.05) is 42.5 Å². The van der Waals surface area contributed by atoms with Gasteiger partial charge >= 0.3 is 0 Å².